The van der Waals surface area contributed by atoms with E-state index in [1.165, 1.54) is 116 Å². The van der Waals surface area contributed by atoms with Crippen molar-refractivity contribution in [1.82, 2.24) is 4.90 Å². The first-order valence-electron chi connectivity index (χ1n) is 20.8. The van der Waals surface area contributed by atoms with Gasteiger partial charge in [0.2, 0.25) is 0 Å². The van der Waals surface area contributed by atoms with E-state index in [1.807, 2.05) is 0 Å². The Morgan fingerprint density at radius 3 is 1.11 bits per heavy atom. The molecule has 280 valence electrons. The molecule has 0 aromatic carbocycles. The number of nitrogens with zero attached hydrogens (tertiary/aromatic N) is 1. The Morgan fingerprint density at radius 1 is 0.447 bits per heavy atom. The number of hydrogen-bond acceptors (Lipinski definition) is 6. The Bertz CT molecular complexity index is 602. The number of hydrogen-bond donors (Lipinski definition) is 1. The molecule has 0 spiro atoms. The monoisotopic (exact) mass is 667 g/mol. The molecular weight excluding hydrogens is 584 g/mol. The fourth-order valence-electron chi connectivity index (χ4n) is 6.42. The van der Waals surface area contributed by atoms with Gasteiger partial charge in [0.15, 0.2) is 0 Å². The van der Waals surface area contributed by atoms with Gasteiger partial charge < -0.3 is 20.1 Å². The fourth-order valence-corrected chi connectivity index (χ4v) is 6.42. The highest BCUT2D eigenvalue weighted by Gasteiger charge is 2.15. The third-order valence-corrected chi connectivity index (χ3v) is 9.50. The topological polar surface area (TPSA) is 81.9 Å². The van der Waals surface area contributed by atoms with Gasteiger partial charge >= 0.3 is 11.9 Å². The van der Waals surface area contributed by atoms with E-state index < -0.39 is 0 Å². The van der Waals surface area contributed by atoms with Crippen LogP contribution in [0, 0.1) is 0 Å². The van der Waals surface area contributed by atoms with E-state index in [4.69, 9.17) is 15.2 Å². The van der Waals surface area contributed by atoms with Gasteiger partial charge in [-0.25, -0.2) is 0 Å². The van der Waals surface area contributed by atoms with Crippen LogP contribution in [-0.4, -0.2) is 55.2 Å². The molecule has 0 saturated heterocycles. The number of ether oxygens (including phenoxy) is 2. The first-order chi connectivity index (χ1) is 23.0. The lowest BCUT2D eigenvalue weighted by atomic mass is 10.0. The normalized spacial score (nSPS) is 11.7. The quantitative estimate of drug-likeness (QED) is 0.0525. The van der Waals surface area contributed by atoms with E-state index in [0.717, 1.165) is 84.0 Å². The summed E-state index contributed by atoms with van der Waals surface area (Å²) in [6.07, 6.45) is 32.3. The molecule has 2 N–H and O–H groups in total. The Hall–Kier alpha value is -1.14. The molecule has 0 atom stereocenters. The summed E-state index contributed by atoms with van der Waals surface area (Å²) in [6, 6.07) is 0. The molecule has 0 aromatic rings. The van der Waals surface area contributed by atoms with Crippen LogP contribution in [-0.2, 0) is 19.1 Å². The Kier molecular flexibility index (Phi) is 35.3. The second kappa shape index (κ2) is 36.1. The minimum absolute atomic E-state index is 0.0140. The number of carbonyl (C=O) groups excluding carboxylic acids is 2. The van der Waals surface area contributed by atoms with E-state index in [2.05, 4.69) is 32.6 Å². The van der Waals surface area contributed by atoms with Crippen LogP contribution >= 0.6 is 0 Å². The molecule has 6 nitrogen and oxygen atoms in total. The third kappa shape index (κ3) is 31.9. The number of esters is 2. The van der Waals surface area contributed by atoms with Crippen LogP contribution in [0.2, 0.25) is 0 Å². The van der Waals surface area contributed by atoms with E-state index in [-0.39, 0.29) is 24.1 Å². The second-order valence-corrected chi connectivity index (χ2v) is 14.2. The van der Waals surface area contributed by atoms with Gasteiger partial charge in [-0.2, -0.15) is 0 Å². The number of unbranched alkanes of at least 4 members (excludes halogenated alkanes) is 16. The van der Waals surface area contributed by atoms with Gasteiger partial charge in [-0.15, -0.1) is 0 Å². The Balaban J connectivity index is 4.08. The third-order valence-electron chi connectivity index (χ3n) is 9.50. The largest absolute Gasteiger partial charge is 0.462 e. The van der Waals surface area contributed by atoms with Gasteiger partial charge in [0, 0.05) is 12.8 Å². The maximum Gasteiger partial charge on any atom is 0.306 e. The Morgan fingerprint density at radius 2 is 0.766 bits per heavy atom. The smallest absolute Gasteiger partial charge is 0.306 e. The molecule has 6 heteroatoms. The van der Waals surface area contributed by atoms with E-state index in [9.17, 15) is 9.59 Å². The van der Waals surface area contributed by atoms with Crippen molar-refractivity contribution >= 4 is 11.9 Å². The standard InChI is InChI=1S/C41H82N2O4/c1-5-9-19-28-38(29-20-10-6-2)46-40(44)32-23-15-13-17-25-35-43(37-27-34-42)36-26-18-14-16-24-33-41(45)47-39(30-21-11-7-3)31-22-12-8-4/h38-39H,5-37,42H2,1-4H3. The van der Waals surface area contributed by atoms with Crippen molar-refractivity contribution in [2.75, 3.05) is 26.2 Å². The predicted molar refractivity (Wildman–Crippen MR) is 202 cm³/mol. The number of carbonyl (C=O) groups is 2. The fraction of sp³-hybridized carbons (Fsp3) is 0.951. The average Bonchev–Trinajstić information content (AvgIpc) is 3.06. The van der Waals surface area contributed by atoms with Gasteiger partial charge in [-0.1, -0.05) is 118 Å². The molecule has 0 aliphatic carbocycles. The lowest BCUT2D eigenvalue weighted by molar-refractivity contribution is -0.151. The maximum absolute atomic E-state index is 12.5. The van der Waals surface area contributed by atoms with Crippen LogP contribution in [0.25, 0.3) is 0 Å². The molecule has 0 heterocycles. The second-order valence-electron chi connectivity index (χ2n) is 14.2. The summed E-state index contributed by atoms with van der Waals surface area (Å²) in [5.41, 5.74) is 5.82. The molecule has 0 radical (unpaired) electrons. The van der Waals surface area contributed by atoms with Crippen LogP contribution in [0.3, 0.4) is 0 Å². The first kappa shape index (κ1) is 45.9. The van der Waals surface area contributed by atoms with Crippen LogP contribution in [0.15, 0.2) is 0 Å². The van der Waals surface area contributed by atoms with Crippen molar-refractivity contribution in [3.8, 4) is 0 Å². The van der Waals surface area contributed by atoms with E-state index in [1.54, 1.807) is 0 Å². The minimum Gasteiger partial charge on any atom is -0.462 e. The van der Waals surface area contributed by atoms with Crippen molar-refractivity contribution in [2.45, 2.75) is 226 Å². The minimum atomic E-state index is 0.0140. The summed E-state index contributed by atoms with van der Waals surface area (Å²) in [5, 5.41) is 0. The summed E-state index contributed by atoms with van der Waals surface area (Å²) in [7, 11) is 0. The zero-order valence-corrected chi connectivity index (χ0v) is 32.1. The molecule has 0 bridgehead atoms. The summed E-state index contributed by atoms with van der Waals surface area (Å²) in [4.78, 5) is 27.5. The number of nitrogens with two attached hydrogens (primary N) is 1. The number of rotatable bonds is 37. The SMILES string of the molecule is CCCCCC(CCCCC)OC(=O)CCCCCCCN(CCCN)CCCCCCCC(=O)OC(CCCCC)CCCCC. The maximum atomic E-state index is 12.5. The average molecular weight is 667 g/mol. The summed E-state index contributed by atoms with van der Waals surface area (Å²) in [6.45, 7) is 13.0. The van der Waals surface area contributed by atoms with E-state index in [0.29, 0.717) is 12.8 Å². The molecule has 0 saturated carbocycles. The summed E-state index contributed by atoms with van der Waals surface area (Å²) < 4.78 is 11.8. The van der Waals surface area contributed by atoms with Gasteiger partial charge in [0.05, 0.1) is 0 Å². The molecule has 0 amide bonds. The van der Waals surface area contributed by atoms with Gasteiger partial charge in [-0.05, 0) is 110 Å². The van der Waals surface area contributed by atoms with Crippen LogP contribution < -0.4 is 5.73 Å². The zero-order valence-electron chi connectivity index (χ0n) is 32.1. The molecule has 0 fully saturated rings. The van der Waals surface area contributed by atoms with Crippen molar-refractivity contribution in [3.63, 3.8) is 0 Å². The predicted octanol–water partition coefficient (Wildman–Crippen LogP) is 11.5. The molecule has 0 rings (SSSR count). The van der Waals surface area contributed by atoms with Crippen molar-refractivity contribution < 1.29 is 19.1 Å². The molecule has 0 aliphatic heterocycles. The van der Waals surface area contributed by atoms with Crippen molar-refractivity contribution in [3.05, 3.63) is 0 Å². The van der Waals surface area contributed by atoms with Crippen LogP contribution in [0.5, 0.6) is 0 Å². The van der Waals surface area contributed by atoms with Crippen LogP contribution in [0.4, 0.5) is 0 Å². The lowest BCUT2D eigenvalue weighted by Crippen LogP contribution is -2.28. The molecule has 47 heavy (non-hydrogen) atoms. The van der Waals surface area contributed by atoms with E-state index >= 15 is 0 Å². The van der Waals surface area contributed by atoms with Gasteiger partial charge in [0.25, 0.3) is 0 Å². The Labute approximate surface area is 293 Å². The van der Waals surface area contributed by atoms with Crippen molar-refractivity contribution in [2.24, 2.45) is 5.73 Å². The van der Waals surface area contributed by atoms with Crippen LogP contribution in [0.1, 0.15) is 214 Å². The summed E-state index contributed by atoms with van der Waals surface area (Å²) >= 11 is 0. The van der Waals surface area contributed by atoms with Gasteiger partial charge in [0.1, 0.15) is 12.2 Å². The van der Waals surface area contributed by atoms with Crippen molar-refractivity contribution in [1.29, 1.82) is 0 Å². The first-order valence-corrected chi connectivity index (χ1v) is 20.8. The highest BCUT2D eigenvalue weighted by molar-refractivity contribution is 5.69. The lowest BCUT2D eigenvalue weighted by Gasteiger charge is -2.22. The highest BCUT2D eigenvalue weighted by Crippen LogP contribution is 2.18. The molecule has 0 aromatic heterocycles. The molecule has 0 aliphatic rings. The summed E-state index contributed by atoms with van der Waals surface area (Å²) in [5.74, 6) is 0.0280. The van der Waals surface area contributed by atoms with Gasteiger partial charge in [-0.3, -0.25) is 9.59 Å². The molecular formula is C41H82N2O4. The molecule has 0 unspecified atom stereocenters. The zero-order chi connectivity index (χ0) is 34.6. The highest BCUT2D eigenvalue weighted by atomic mass is 16.5.